The highest BCUT2D eigenvalue weighted by Crippen LogP contribution is 2.24. The molecule has 0 atom stereocenters. The van der Waals surface area contributed by atoms with Crippen molar-refractivity contribution in [2.45, 2.75) is 18.9 Å². The maximum atomic E-state index is 5.76. The number of aliphatic imine (C=N–C) groups is 1. The molecule has 0 aliphatic heterocycles. The fraction of sp³-hybridized carbons (Fsp3) is 0.312. The number of nitrogens with two attached hydrogens (primary N) is 1. The zero-order valence-corrected chi connectivity index (χ0v) is 16.0. The molecule has 0 spiro atoms. The van der Waals surface area contributed by atoms with Crippen molar-refractivity contribution in [2.75, 3.05) is 13.2 Å². The number of rotatable bonds is 5. The molecule has 0 amide bonds. The molecule has 6 heteroatoms. The van der Waals surface area contributed by atoms with Gasteiger partial charge in [-0.25, -0.2) is 4.99 Å². The summed E-state index contributed by atoms with van der Waals surface area (Å²) < 4.78 is 6.79. The third-order valence-electron chi connectivity index (χ3n) is 3.35. The van der Waals surface area contributed by atoms with Crippen molar-refractivity contribution in [3.8, 4) is 5.75 Å². The zero-order valence-electron chi connectivity index (χ0n) is 12.1. The SMILES string of the molecule is I.NC(=NCCOc1ccc2cc(Br)ccc2c1)NC1CC1. The van der Waals surface area contributed by atoms with Crippen LogP contribution in [0.2, 0.25) is 0 Å². The molecule has 0 saturated heterocycles. The predicted molar refractivity (Wildman–Crippen MR) is 105 cm³/mol. The second-order valence-corrected chi connectivity index (χ2v) is 6.10. The number of nitrogens with zero attached hydrogens (tertiary/aromatic N) is 1. The van der Waals surface area contributed by atoms with Crippen molar-refractivity contribution < 1.29 is 4.74 Å². The number of guanidine groups is 1. The summed E-state index contributed by atoms with van der Waals surface area (Å²) in [7, 11) is 0. The van der Waals surface area contributed by atoms with E-state index in [0.29, 0.717) is 25.2 Å². The predicted octanol–water partition coefficient (Wildman–Crippen LogP) is 3.67. The Balaban J connectivity index is 0.00000176. The minimum Gasteiger partial charge on any atom is -0.492 e. The fourth-order valence-corrected chi connectivity index (χ4v) is 2.48. The van der Waals surface area contributed by atoms with Gasteiger partial charge in [-0.1, -0.05) is 28.1 Å². The number of ether oxygens (including phenoxy) is 1. The number of halogens is 2. The summed E-state index contributed by atoms with van der Waals surface area (Å²) in [5.74, 6) is 1.37. The van der Waals surface area contributed by atoms with E-state index in [4.69, 9.17) is 10.5 Å². The van der Waals surface area contributed by atoms with E-state index in [-0.39, 0.29) is 24.0 Å². The Morgan fingerprint density at radius 1 is 1.23 bits per heavy atom. The van der Waals surface area contributed by atoms with Crippen molar-refractivity contribution in [2.24, 2.45) is 10.7 Å². The van der Waals surface area contributed by atoms with Crippen LogP contribution in [0.5, 0.6) is 5.75 Å². The Labute approximate surface area is 155 Å². The molecule has 0 aromatic heterocycles. The lowest BCUT2D eigenvalue weighted by Crippen LogP contribution is -2.33. The van der Waals surface area contributed by atoms with Gasteiger partial charge in [-0.2, -0.15) is 0 Å². The largest absolute Gasteiger partial charge is 0.492 e. The van der Waals surface area contributed by atoms with Crippen LogP contribution in [0.4, 0.5) is 0 Å². The molecule has 0 heterocycles. The molecule has 118 valence electrons. The van der Waals surface area contributed by atoms with Gasteiger partial charge in [-0.15, -0.1) is 24.0 Å². The Hall–Kier alpha value is -1.02. The summed E-state index contributed by atoms with van der Waals surface area (Å²) in [5, 5.41) is 5.50. The highest BCUT2D eigenvalue weighted by Gasteiger charge is 2.21. The lowest BCUT2D eigenvalue weighted by atomic mass is 10.1. The van der Waals surface area contributed by atoms with Gasteiger partial charge >= 0.3 is 0 Å². The highest BCUT2D eigenvalue weighted by atomic mass is 127. The quantitative estimate of drug-likeness (QED) is 0.300. The lowest BCUT2D eigenvalue weighted by molar-refractivity contribution is 0.329. The Bertz CT molecular complexity index is 673. The van der Waals surface area contributed by atoms with E-state index in [9.17, 15) is 0 Å². The Morgan fingerprint density at radius 2 is 1.95 bits per heavy atom. The van der Waals surface area contributed by atoms with Crippen LogP contribution < -0.4 is 15.8 Å². The van der Waals surface area contributed by atoms with E-state index in [0.717, 1.165) is 15.6 Å². The molecular formula is C16H19BrIN3O. The monoisotopic (exact) mass is 475 g/mol. The maximum Gasteiger partial charge on any atom is 0.188 e. The summed E-state index contributed by atoms with van der Waals surface area (Å²) in [6.07, 6.45) is 2.39. The van der Waals surface area contributed by atoms with Crippen LogP contribution in [-0.2, 0) is 0 Å². The number of nitrogens with one attached hydrogen (secondary N) is 1. The van der Waals surface area contributed by atoms with Crippen LogP contribution in [0.3, 0.4) is 0 Å². The molecule has 3 rings (SSSR count). The minimum absolute atomic E-state index is 0. The van der Waals surface area contributed by atoms with Crippen LogP contribution in [0.1, 0.15) is 12.8 Å². The van der Waals surface area contributed by atoms with Crippen molar-refractivity contribution in [3.05, 3.63) is 40.9 Å². The molecule has 2 aromatic carbocycles. The van der Waals surface area contributed by atoms with Gasteiger partial charge in [0.2, 0.25) is 0 Å². The van der Waals surface area contributed by atoms with E-state index < -0.39 is 0 Å². The van der Waals surface area contributed by atoms with Crippen molar-refractivity contribution >= 4 is 56.6 Å². The summed E-state index contributed by atoms with van der Waals surface area (Å²) in [6.45, 7) is 1.08. The number of hydrogen-bond donors (Lipinski definition) is 2. The second kappa shape index (κ2) is 8.01. The first-order valence-corrected chi connectivity index (χ1v) is 7.88. The average Bonchev–Trinajstić information content (AvgIpc) is 3.27. The molecule has 1 saturated carbocycles. The number of fused-ring (bicyclic) bond motifs is 1. The van der Waals surface area contributed by atoms with Gasteiger partial charge < -0.3 is 15.8 Å². The zero-order chi connectivity index (χ0) is 14.7. The standard InChI is InChI=1S/C16H18BrN3O.HI/c17-13-3-1-12-10-15(6-2-11(12)9-13)21-8-7-19-16(18)20-14-4-5-14;/h1-3,6,9-10,14H,4-5,7-8H2,(H3,18,19,20);1H. The first-order valence-electron chi connectivity index (χ1n) is 7.09. The Kier molecular flexibility index (Phi) is 6.31. The van der Waals surface area contributed by atoms with Gasteiger partial charge in [0, 0.05) is 10.5 Å². The van der Waals surface area contributed by atoms with Crippen molar-refractivity contribution in [1.29, 1.82) is 0 Å². The van der Waals surface area contributed by atoms with Crippen LogP contribution in [0.25, 0.3) is 10.8 Å². The molecule has 1 fully saturated rings. The van der Waals surface area contributed by atoms with Crippen LogP contribution in [0.15, 0.2) is 45.9 Å². The van der Waals surface area contributed by atoms with E-state index in [1.54, 1.807) is 0 Å². The van der Waals surface area contributed by atoms with Gasteiger partial charge in [0.1, 0.15) is 12.4 Å². The second-order valence-electron chi connectivity index (χ2n) is 5.19. The van der Waals surface area contributed by atoms with Gasteiger partial charge in [0.05, 0.1) is 6.54 Å². The molecule has 22 heavy (non-hydrogen) atoms. The van der Waals surface area contributed by atoms with Crippen LogP contribution >= 0.6 is 39.9 Å². The summed E-state index contributed by atoms with van der Waals surface area (Å²) in [4.78, 5) is 4.25. The molecular weight excluding hydrogens is 457 g/mol. The first-order chi connectivity index (χ1) is 10.2. The third kappa shape index (κ3) is 5.01. The van der Waals surface area contributed by atoms with Crippen LogP contribution in [-0.4, -0.2) is 25.2 Å². The summed E-state index contributed by atoms with van der Waals surface area (Å²) in [6, 6.07) is 12.8. The minimum atomic E-state index is 0. The van der Waals surface area contributed by atoms with Crippen LogP contribution in [0, 0.1) is 0 Å². The van der Waals surface area contributed by atoms with E-state index in [1.807, 2.05) is 18.2 Å². The highest BCUT2D eigenvalue weighted by molar-refractivity contribution is 14.0. The molecule has 2 aromatic rings. The van der Waals surface area contributed by atoms with Gasteiger partial charge in [-0.3, -0.25) is 0 Å². The maximum absolute atomic E-state index is 5.76. The summed E-state index contributed by atoms with van der Waals surface area (Å²) in [5.41, 5.74) is 5.76. The number of hydrogen-bond acceptors (Lipinski definition) is 2. The molecule has 0 radical (unpaired) electrons. The summed E-state index contributed by atoms with van der Waals surface area (Å²) >= 11 is 3.47. The van der Waals surface area contributed by atoms with E-state index in [2.05, 4.69) is 44.4 Å². The van der Waals surface area contributed by atoms with Crippen molar-refractivity contribution in [1.82, 2.24) is 5.32 Å². The Morgan fingerprint density at radius 3 is 2.73 bits per heavy atom. The topological polar surface area (TPSA) is 59.6 Å². The molecule has 1 aliphatic rings. The molecule has 1 aliphatic carbocycles. The van der Waals surface area contributed by atoms with Gasteiger partial charge in [-0.05, 0) is 47.9 Å². The van der Waals surface area contributed by atoms with Gasteiger partial charge in [0.25, 0.3) is 0 Å². The molecule has 0 bridgehead atoms. The normalized spacial score (nSPS) is 14.5. The van der Waals surface area contributed by atoms with E-state index in [1.165, 1.54) is 18.2 Å². The van der Waals surface area contributed by atoms with E-state index >= 15 is 0 Å². The molecule has 4 nitrogen and oxygen atoms in total. The smallest absolute Gasteiger partial charge is 0.188 e. The van der Waals surface area contributed by atoms with Crippen molar-refractivity contribution in [3.63, 3.8) is 0 Å². The lowest BCUT2D eigenvalue weighted by Gasteiger charge is -2.07. The number of benzene rings is 2. The molecule has 3 N–H and O–H groups in total. The first kappa shape index (κ1) is 17.3. The fourth-order valence-electron chi connectivity index (χ4n) is 2.10. The average molecular weight is 476 g/mol. The molecule has 0 unspecified atom stereocenters. The third-order valence-corrected chi connectivity index (χ3v) is 3.84. The van der Waals surface area contributed by atoms with Gasteiger partial charge in [0.15, 0.2) is 5.96 Å².